The Morgan fingerprint density at radius 1 is 0.491 bits per heavy atom. The van der Waals surface area contributed by atoms with Crippen LogP contribution in [-0.2, 0) is 12.8 Å². The zero-order valence-electron chi connectivity index (χ0n) is 29.1. The highest BCUT2D eigenvalue weighted by Gasteiger charge is 2.26. The molecule has 5 N–H and O–H groups in total. The fraction of sp³-hybridized carbons (Fsp3) is 0.0870. The van der Waals surface area contributed by atoms with E-state index < -0.39 is 0 Å². The number of phenols is 4. The van der Waals surface area contributed by atoms with Crippen LogP contribution in [0.15, 0.2) is 121 Å². The molecule has 53 heavy (non-hydrogen) atoms. The minimum Gasteiger partial charge on any atom is -0.507 e. The molecular formula is C46H35NO6. The molecule has 0 fully saturated rings. The average molecular weight is 698 g/mol. The Morgan fingerprint density at radius 3 is 1.47 bits per heavy atom. The lowest BCUT2D eigenvalue weighted by atomic mass is 9.90. The molecule has 0 aliphatic rings. The molecule has 7 nitrogen and oxygen atoms in total. The van der Waals surface area contributed by atoms with Crippen molar-refractivity contribution in [2.24, 2.45) is 0 Å². The van der Waals surface area contributed by atoms with Gasteiger partial charge in [-0.05, 0) is 82.4 Å². The summed E-state index contributed by atoms with van der Waals surface area (Å²) < 4.78 is 0. The second kappa shape index (κ2) is 13.0. The van der Waals surface area contributed by atoms with E-state index in [4.69, 9.17) is 0 Å². The standard InChI is InChI=1S/C46H35NO6/c1-25-19-35(43(50)31-17-15-27-9-3-5-11-29(27)21-31)45(52)37(41(25)48)23-34-33-13-7-8-14-39(33)47-40(34)24-38-42(49)26(2)20-36(46(38)53)44(51)32-18-16-28-10-4-6-12-30(28)22-32/h3-22,47-49,52-53H,23-24H2,1-2H3. The number of benzene rings is 7. The summed E-state index contributed by atoms with van der Waals surface area (Å²) in [6.45, 7) is 3.36. The van der Waals surface area contributed by atoms with Crippen LogP contribution >= 0.6 is 0 Å². The summed E-state index contributed by atoms with van der Waals surface area (Å²) in [6.07, 6.45) is 0.0183. The van der Waals surface area contributed by atoms with Crippen LogP contribution < -0.4 is 0 Å². The molecule has 0 radical (unpaired) electrons. The van der Waals surface area contributed by atoms with Crippen molar-refractivity contribution in [2.75, 3.05) is 0 Å². The lowest BCUT2D eigenvalue weighted by Gasteiger charge is -2.16. The van der Waals surface area contributed by atoms with E-state index in [0.717, 1.165) is 32.4 Å². The van der Waals surface area contributed by atoms with Gasteiger partial charge in [0.1, 0.15) is 23.0 Å². The van der Waals surface area contributed by atoms with Gasteiger partial charge in [0.25, 0.3) is 0 Å². The summed E-state index contributed by atoms with van der Waals surface area (Å²) in [5.74, 6) is -1.71. The van der Waals surface area contributed by atoms with Gasteiger partial charge in [-0.3, -0.25) is 9.59 Å². The van der Waals surface area contributed by atoms with E-state index in [9.17, 15) is 30.0 Å². The van der Waals surface area contributed by atoms with E-state index in [1.807, 2.05) is 84.9 Å². The first kappa shape index (κ1) is 33.3. The maximum absolute atomic E-state index is 13.9. The van der Waals surface area contributed by atoms with Gasteiger partial charge in [0, 0.05) is 51.7 Å². The second-order valence-electron chi connectivity index (χ2n) is 13.6. The monoisotopic (exact) mass is 697 g/mol. The van der Waals surface area contributed by atoms with Gasteiger partial charge >= 0.3 is 0 Å². The number of carbonyl (C=O) groups is 2. The van der Waals surface area contributed by atoms with E-state index in [1.54, 1.807) is 38.1 Å². The van der Waals surface area contributed by atoms with Gasteiger partial charge in [-0.15, -0.1) is 0 Å². The molecular weight excluding hydrogens is 663 g/mol. The Bertz CT molecular complexity index is 2790. The number of ketones is 2. The summed E-state index contributed by atoms with van der Waals surface area (Å²) in [7, 11) is 0. The van der Waals surface area contributed by atoms with Crippen molar-refractivity contribution >= 4 is 44.0 Å². The molecule has 0 atom stereocenters. The highest BCUT2D eigenvalue weighted by molar-refractivity contribution is 6.13. The Hall–Kier alpha value is -6.86. The average Bonchev–Trinajstić information content (AvgIpc) is 3.53. The van der Waals surface area contributed by atoms with Gasteiger partial charge in [-0.2, -0.15) is 0 Å². The molecule has 7 aromatic carbocycles. The Balaban J connectivity index is 1.20. The minimum absolute atomic E-state index is 0.00240. The molecule has 0 spiro atoms. The smallest absolute Gasteiger partial charge is 0.196 e. The largest absolute Gasteiger partial charge is 0.507 e. The number of nitrogens with one attached hydrogen (secondary N) is 1. The molecule has 0 bridgehead atoms. The van der Waals surface area contributed by atoms with Crippen LogP contribution in [0.3, 0.4) is 0 Å². The van der Waals surface area contributed by atoms with E-state index in [-0.39, 0.29) is 69.7 Å². The predicted molar refractivity (Wildman–Crippen MR) is 208 cm³/mol. The fourth-order valence-electron chi connectivity index (χ4n) is 7.35. The molecule has 0 saturated heterocycles. The zero-order chi connectivity index (χ0) is 37.0. The second-order valence-corrected chi connectivity index (χ2v) is 13.6. The molecule has 0 unspecified atom stereocenters. The number of H-pyrrole nitrogens is 1. The number of hydrogen-bond acceptors (Lipinski definition) is 6. The zero-order valence-corrected chi connectivity index (χ0v) is 29.1. The summed E-state index contributed by atoms with van der Waals surface area (Å²) >= 11 is 0. The van der Waals surface area contributed by atoms with Gasteiger partial charge in [0.2, 0.25) is 0 Å². The van der Waals surface area contributed by atoms with Crippen molar-refractivity contribution in [1.29, 1.82) is 0 Å². The molecule has 260 valence electrons. The number of aryl methyl sites for hydroxylation is 2. The first-order valence-electron chi connectivity index (χ1n) is 17.3. The van der Waals surface area contributed by atoms with E-state index in [1.165, 1.54) is 12.1 Å². The Kier molecular flexibility index (Phi) is 8.19. The van der Waals surface area contributed by atoms with E-state index in [0.29, 0.717) is 33.5 Å². The first-order valence-corrected chi connectivity index (χ1v) is 17.3. The van der Waals surface area contributed by atoms with Crippen molar-refractivity contribution < 1.29 is 30.0 Å². The van der Waals surface area contributed by atoms with Crippen LogP contribution in [0.2, 0.25) is 0 Å². The minimum atomic E-state index is -0.382. The SMILES string of the molecule is Cc1cc(C(=O)c2ccc3ccccc3c2)c(O)c(Cc2[nH]c3ccccc3c2Cc2c(O)c(C)cc(C(=O)c3ccc4ccccc4c3)c2O)c1O. The molecule has 8 rings (SSSR count). The molecule has 0 saturated carbocycles. The quantitative estimate of drug-likeness (QED) is 0.101. The topological polar surface area (TPSA) is 131 Å². The number of carbonyl (C=O) groups excluding carboxylic acids is 2. The Morgan fingerprint density at radius 2 is 0.943 bits per heavy atom. The predicted octanol–water partition coefficient (Wildman–Crippen LogP) is 9.56. The third kappa shape index (κ3) is 5.82. The van der Waals surface area contributed by atoms with Crippen molar-refractivity contribution in [3.63, 3.8) is 0 Å². The van der Waals surface area contributed by atoms with Crippen LogP contribution in [0.1, 0.15) is 65.4 Å². The van der Waals surface area contributed by atoms with Gasteiger partial charge in [0.05, 0.1) is 11.1 Å². The van der Waals surface area contributed by atoms with Crippen LogP contribution in [0.25, 0.3) is 32.4 Å². The van der Waals surface area contributed by atoms with Crippen molar-refractivity contribution in [2.45, 2.75) is 26.7 Å². The van der Waals surface area contributed by atoms with Gasteiger partial charge < -0.3 is 25.4 Å². The molecule has 1 aromatic heterocycles. The number of para-hydroxylation sites is 1. The first-order chi connectivity index (χ1) is 25.6. The number of fused-ring (bicyclic) bond motifs is 3. The van der Waals surface area contributed by atoms with E-state index in [2.05, 4.69) is 4.98 Å². The van der Waals surface area contributed by atoms with Crippen LogP contribution in [-0.4, -0.2) is 37.0 Å². The van der Waals surface area contributed by atoms with Crippen LogP contribution in [0.5, 0.6) is 23.0 Å². The molecule has 1 heterocycles. The highest BCUT2D eigenvalue weighted by Crippen LogP contribution is 2.41. The molecule has 0 amide bonds. The maximum Gasteiger partial charge on any atom is 0.196 e. The fourth-order valence-corrected chi connectivity index (χ4v) is 7.35. The molecule has 7 heteroatoms. The third-order valence-corrected chi connectivity index (χ3v) is 10.2. The normalized spacial score (nSPS) is 11.4. The van der Waals surface area contributed by atoms with Gasteiger partial charge in [-0.1, -0.05) is 91.0 Å². The lowest BCUT2D eigenvalue weighted by molar-refractivity contribution is 0.102. The summed E-state index contributed by atoms with van der Waals surface area (Å²) in [4.78, 5) is 31.1. The van der Waals surface area contributed by atoms with E-state index >= 15 is 0 Å². The molecule has 8 aromatic rings. The highest BCUT2D eigenvalue weighted by atomic mass is 16.3. The van der Waals surface area contributed by atoms with Crippen molar-refractivity contribution in [1.82, 2.24) is 4.98 Å². The number of aromatic amines is 1. The lowest BCUT2D eigenvalue weighted by Crippen LogP contribution is -2.07. The number of aromatic nitrogens is 1. The van der Waals surface area contributed by atoms with Crippen LogP contribution in [0.4, 0.5) is 0 Å². The number of hydrogen-bond donors (Lipinski definition) is 5. The summed E-state index contributed by atoms with van der Waals surface area (Å²) in [5, 5.41) is 50.5. The van der Waals surface area contributed by atoms with Gasteiger partial charge in [-0.25, -0.2) is 0 Å². The van der Waals surface area contributed by atoms with Crippen molar-refractivity contribution in [3.05, 3.63) is 177 Å². The van der Waals surface area contributed by atoms with Crippen LogP contribution in [0, 0.1) is 13.8 Å². The third-order valence-electron chi connectivity index (χ3n) is 10.2. The summed E-state index contributed by atoms with van der Waals surface area (Å²) in [5.41, 5.74) is 4.15. The Labute approximate surface area is 305 Å². The number of aromatic hydroxyl groups is 4. The summed E-state index contributed by atoms with van der Waals surface area (Å²) in [6, 6.07) is 36.7. The van der Waals surface area contributed by atoms with Crippen molar-refractivity contribution in [3.8, 4) is 23.0 Å². The molecule has 0 aliphatic heterocycles. The number of phenolic OH excluding ortho intramolecular Hbond substituents is 4. The van der Waals surface area contributed by atoms with Gasteiger partial charge in [0.15, 0.2) is 11.6 Å². The maximum atomic E-state index is 13.9. The molecule has 0 aliphatic carbocycles. The number of rotatable bonds is 8.